The van der Waals surface area contributed by atoms with Gasteiger partial charge in [0.05, 0.1) is 18.8 Å². The quantitative estimate of drug-likeness (QED) is 0.538. The summed E-state index contributed by atoms with van der Waals surface area (Å²) in [7, 11) is 0. The van der Waals surface area contributed by atoms with E-state index in [-0.39, 0.29) is 30.4 Å². The van der Waals surface area contributed by atoms with Crippen LogP contribution in [0.3, 0.4) is 0 Å². The van der Waals surface area contributed by atoms with E-state index in [1.54, 1.807) is 0 Å². The van der Waals surface area contributed by atoms with Gasteiger partial charge in [0.15, 0.2) is 0 Å². The van der Waals surface area contributed by atoms with Gasteiger partial charge in [-0.15, -0.1) is 0 Å². The van der Waals surface area contributed by atoms with Crippen molar-refractivity contribution >= 4 is 5.97 Å². The van der Waals surface area contributed by atoms with Gasteiger partial charge in [0.1, 0.15) is 12.2 Å². The summed E-state index contributed by atoms with van der Waals surface area (Å²) in [5, 5.41) is 0. The molecule has 102 valence electrons. The molecule has 0 aromatic carbocycles. The number of rotatable bonds is 6. The molecule has 1 heterocycles. The lowest BCUT2D eigenvalue weighted by Gasteiger charge is -2.21. The van der Waals surface area contributed by atoms with Crippen LogP contribution in [-0.4, -0.2) is 37.0 Å². The fourth-order valence-electron chi connectivity index (χ4n) is 2.42. The predicted molar refractivity (Wildman–Crippen MR) is 67.2 cm³/mol. The molecule has 0 amide bonds. The van der Waals surface area contributed by atoms with E-state index in [1.165, 1.54) is 0 Å². The van der Waals surface area contributed by atoms with Gasteiger partial charge in [0, 0.05) is 12.0 Å². The van der Waals surface area contributed by atoms with Crippen molar-refractivity contribution < 1.29 is 19.0 Å². The van der Waals surface area contributed by atoms with Crippen molar-refractivity contribution in [2.75, 3.05) is 6.61 Å². The lowest BCUT2D eigenvalue weighted by molar-refractivity contribution is -0.138. The Labute approximate surface area is 108 Å². The third kappa shape index (κ3) is 3.12. The fourth-order valence-corrected chi connectivity index (χ4v) is 2.42. The van der Waals surface area contributed by atoms with E-state index < -0.39 is 0 Å². The maximum Gasteiger partial charge on any atom is 0.333 e. The molecule has 2 rings (SSSR count). The first kappa shape index (κ1) is 13.6. The summed E-state index contributed by atoms with van der Waals surface area (Å²) in [6.45, 7) is 6.42. The first-order chi connectivity index (χ1) is 8.65. The molecule has 0 N–H and O–H groups in total. The Bertz CT molecular complexity index is 337. The van der Waals surface area contributed by atoms with Crippen molar-refractivity contribution in [1.82, 2.24) is 0 Å². The average Bonchev–Trinajstić information content (AvgIpc) is 3.09. The molecular formula is C14H22O4. The molecule has 0 spiro atoms. The molecule has 1 aliphatic carbocycles. The van der Waals surface area contributed by atoms with Gasteiger partial charge in [-0.05, 0) is 26.3 Å². The van der Waals surface area contributed by atoms with E-state index in [0.717, 1.165) is 12.8 Å². The first-order valence-electron chi connectivity index (χ1n) is 6.84. The number of epoxide rings is 1. The van der Waals surface area contributed by atoms with Crippen LogP contribution in [-0.2, 0) is 19.0 Å². The molecule has 4 nitrogen and oxygen atoms in total. The van der Waals surface area contributed by atoms with Crippen molar-refractivity contribution in [2.24, 2.45) is 0 Å². The van der Waals surface area contributed by atoms with Crippen LogP contribution in [0.4, 0.5) is 0 Å². The molecule has 4 heteroatoms. The molecule has 2 aliphatic rings. The van der Waals surface area contributed by atoms with Gasteiger partial charge in [0.2, 0.25) is 0 Å². The number of fused-ring (bicyclic) bond motifs is 1. The van der Waals surface area contributed by atoms with Crippen molar-refractivity contribution in [3.05, 3.63) is 11.6 Å². The van der Waals surface area contributed by atoms with Gasteiger partial charge in [-0.1, -0.05) is 13.3 Å². The van der Waals surface area contributed by atoms with Gasteiger partial charge in [0.25, 0.3) is 0 Å². The van der Waals surface area contributed by atoms with Crippen LogP contribution in [0.25, 0.3) is 0 Å². The highest BCUT2D eigenvalue weighted by molar-refractivity contribution is 5.89. The monoisotopic (exact) mass is 254 g/mol. The molecule has 0 aromatic heterocycles. The number of ether oxygens (including phenoxy) is 3. The topological polar surface area (TPSA) is 48.1 Å². The molecule has 0 unspecified atom stereocenters. The van der Waals surface area contributed by atoms with E-state index in [4.69, 9.17) is 14.2 Å². The Kier molecular flexibility index (Phi) is 4.40. The molecule has 18 heavy (non-hydrogen) atoms. The SMILES string of the molecule is CCC[C@@H](C)O[C@@H]1C=C(C(=O)OCC)C[C@@H]2O[C@@H]21. The molecule has 4 atom stereocenters. The van der Waals surface area contributed by atoms with E-state index in [1.807, 2.05) is 13.0 Å². The third-order valence-corrected chi connectivity index (χ3v) is 3.35. The zero-order valence-electron chi connectivity index (χ0n) is 11.3. The van der Waals surface area contributed by atoms with E-state index >= 15 is 0 Å². The van der Waals surface area contributed by atoms with Crippen LogP contribution >= 0.6 is 0 Å². The Morgan fingerprint density at radius 2 is 2.33 bits per heavy atom. The lowest BCUT2D eigenvalue weighted by atomic mass is 9.97. The first-order valence-corrected chi connectivity index (χ1v) is 6.84. The predicted octanol–water partition coefficient (Wildman–Crippen LogP) is 2.22. The van der Waals surface area contributed by atoms with Gasteiger partial charge in [-0.25, -0.2) is 4.79 Å². The lowest BCUT2D eigenvalue weighted by Crippen LogP contribution is -2.29. The summed E-state index contributed by atoms with van der Waals surface area (Å²) in [5.74, 6) is -0.233. The second-order valence-corrected chi connectivity index (χ2v) is 4.96. The van der Waals surface area contributed by atoms with Gasteiger partial charge < -0.3 is 14.2 Å². The average molecular weight is 254 g/mol. The standard InChI is InChI=1S/C14H22O4/c1-4-6-9(3)17-11-7-10(14(15)16-5-2)8-12-13(11)18-12/h7,9,11-13H,4-6,8H2,1-3H3/t9-,11-,12+,13-/m1/s1. The van der Waals surface area contributed by atoms with Gasteiger partial charge in [-0.3, -0.25) is 0 Å². The van der Waals surface area contributed by atoms with Crippen molar-refractivity contribution in [3.8, 4) is 0 Å². The number of hydrogen-bond donors (Lipinski definition) is 0. The van der Waals surface area contributed by atoms with Gasteiger partial charge in [-0.2, -0.15) is 0 Å². The Hall–Kier alpha value is -0.870. The summed E-state index contributed by atoms with van der Waals surface area (Å²) < 4.78 is 16.5. The molecule has 0 saturated carbocycles. The summed E-state index contributed by atoms with van der Waals surface area (Å²) in [6.07, 6.45) is 5.06. The van der Waals surface area contributed by atoms with E-state index in [2.05, 4.69) is 13.8 Å². The molecule has 1 aliphatic heterocycles. The second-order valence-electron chi connectivity index (χ2n) is 4.96. The molecule has 1 fully saturated rings. The normalized spacial score (nSPS) is 31.3. The largest absolute Gasteiger partial charge is 0.463 e. The highest BCUT2D eigenvalue weighted by Gasteiger charge is 2.49. The number of hydrogen-bond acceptors (Lipinski definition) is 4. The molecule has 1 saturated heterocycles. The highest BCUT2D eigenvalue weighted by atomic mass is 16.6. The van der Waals surface area contributed by atoms with Gasteiger partial charge >= 0.3 is 5.97 Å². The fraction of sp³-hybridized carbons (Fsp3) is 0.786. The zero-order valence-corrected chi connectivity index (χ0v) is 11.3. The van der Waals surface area contributed by atoms with Crippen LogP contribution in [0.2, 0.25) is 0 Å². The Balaban J connectivity index is 1.96. The highest BCUT2D eigenvalue weighted by Crippen LogP contribution is 2.38. The van der Waals surface area contributed by atoms with Crippen molar-refractivity contribution in [3.63, 3.8) is 0 Å². The van der Waals surface area contributed by atoms with E-state index in [0.29, 0.717) is 18.6 Å². The summed E-state index contributed by atoms with van der Waals surface area (Å²) in [4.78, 5) is 11.7. The van der Waals surface area contributed by atoms with Crippen LogP contribution in [0.1, 0.15) is 40.0 Å². The maximum absolute atomic E-state index is 11.7. The van der Waals surface area contributed by atoms with Crippen LogP contribution < -0.4 is 0 Å². The minimum absolute atomic E-state index is 0.0929. The number of carbonyl (C=O) groups is 1. The minimum atomic E-state index is -0.233. The zero-order chi connectivity index (χ0) is 13.1. The smallest absolute Gasteiger partial charge is 0.333 e. The van der Waals surface area contributed by atoms with Crippen molar-refractivity contribution in [1.29, 1.82) is 0 Å². The third-order valence-electron chi connectivity index (χ3n) is 3.35. The summed E-state index contributed by atoms with van der Waals surface area (Å²) in [5.41, 5.74) is 0.698. The number of esters is 1. The number of carbonyl (C=O) groups excluding carboxylic acids is 1. The van der Waals surface area contributed by atoms with Crippen LogP contribution in [0.5, 0.6) is 0 Å². The minimum Gasteiger partial charge on any atom is -0.463 e. The Morgan fingerprint density at radius 3 is 3.00 bits per heavy atom. The molecule has 0 radical (unpaired) electrons. The maximum atomic E-state index is 11.7. The van der Waals surface area contributed by atoms with Crippen molar-refractivity contribution in [2.45, 2.75) is 64.4 Å². The molecular weight excluding hydrogens is 232 g/mol. The van der Waals surface area contributed by atoms with E-state index in [9.17, 15) is 4.79 Å². The second kappa shape index (κ2) is 5.85. The molecule has 0 bridgehead atoms. The Morgan fingerprint density at radius 1 is 1.56 bits per heavy atom. The van der Waals surface area contributed by atoms with Crippen LogP contribution in [0, 0.1) is 0 Å². The summed E-state index contributed by atoms with van der Waals surface area (Å²) in [6, 6.07) is 0. The molecule has 0 aromatic rings. The summed E-state index contributed by atoms with van der Waals surface area (Å²) >= 11 is 0. The van der Waals surface area contributed by atoms with Crippen LogP contribution in [0.15, 0.2) is 11.6 Å².